The van der Waals surface area contributed by atoms with Gasteiger partial charge in [-0.05, 0) is 52.4 Å². The second kappa shape index (κ2) is 9.56. The zero-order valence-corrected chi connectivity index (χ0v) is 19.9. The third kappa shape index (κ3) is 6.61. The van der Waals surface area contributed by atoms with Gasteiger partial charge in [0.05, 0.1) is 12.0 Å². The number of amides is 3. The number of carbonyl (C=O) groups is 3. The Morgan fingerprint density at radius 1 is 1.00 bits per heavy atom. The topological polar surface area (TPSA) is 79.0 Å². The van der Waals surface area contributed by atoms with E-state index in [9.17, 15) is 14.4 Å². The fourth-order valence-electron chi connectivity index (χ4n) is 4.41. The van der Waals surface area contributed by atoms with Crippen molar-refractivity contribution in [3.05, 3.63) is 0 Å². The van der Waals surface area contributed by atoms with Gasteiger partial charge in [-0.25, -0.2) is 4.79 Å². The molecule has 2 heterocycles. The number of nitrogens with zero attached hydrogens (tertiary/aromatic N) is 2. The Balaban J connectivity index is 2.04. The maximum absolute atomic E-state index is 13.4. The summed E-state index contributed by atoms with van der Waals surface area (Å²) in [5, 5.41) is 2.85. The van der Waals surface area contributed by atoms with Crippen molar-refractivity contribution < 1.29 is 19.1 Å². The Labute approximate surface area is 181 Å². The van der Waals surface area contributed by atoms with Crippen LogP contribution in [0.5, 0.6) is 0 Å². The van der Waals surface area contributed by atoms with Crippen molar-refractivity contribution in [1.82, 2.24) is 15.1 Å². The molecule has 7 heteroatoms. The average Bonchev–Trinajstić information content (AvgIpc) is 2.63. The van der Waals surface area contributed by atoms with Crippen LogP contribution in [0.4, 0.5) is 4.79 Å². The normalized spacial score (nSPS) is 25.6. The van der Waals surface area contributed by atoms with Crippen molar-refractivity contribution in [3.63, 3.8) is 0 Å². The first-order chi connectivity index (χ1) is 13.8. The van der Waals surface area contributed by atoms with Gasteiger partial charge in [0.15, 0.2) is 0 Å². The number of carbonyl (C=O) groups excluding carboxylic acids is 3. The minimum Gasteiger partial charge on any atom is -0.444 e. The molecule has 2 saturated heterocycles. The molecule has 0 saturated carbocycles. The molecule has 2 fully saturated rings. The van der Waals surface area contributed by atoms with Crippen molar-refractivity contribution in [2.45, 2.75) is 85.8 Å². The summed E-state index contributed by atoms with van der Waals surface area (Å²) in [7, 11) is 0. The molecule has 0 aromatic rings. The van der Waals surface area contributed by atoms with E-state index in [1.165, 1.54) is 0 Å². The first-order valence-electron chi connectivity index (χ1n) is 11.4. The van der Waals surface area contributed by atoms with Crippen molar-refractivity contribution >= 4 is 17.9 Å². The molecule has 2 aliphatic heterocycles. The predicted octanol–water partition coefficient (Wildman–Crippen LogP) is 3.42. The number of likely N-dealkylation sites (tertiary alicyclic amines) is 2. The van der Waals surface area contributed by atoms with E-state index in [0.717, 1.165) is 32.2 Å². The summed E-state index contributed by atoms with van der Waals surface area (Å²) in [5.74, 6) is 0.354. The molecule has 2 aliphatic rings. The third-order valence-corrected chi connectivity index (χ3v) is 5.95. The van der Waals surface area contributed by atoms with Crippen LogP contribution in [0.2, 0.25) is 0 Å². The lowest BCUT2D eigenvalue weighted by Crippen LogP contribution is -2.57. The summed E-state index contributed by atoms with van der Waals surface area (Å²) in [6.07, 6.45) is 3.20. The summed E-state index contributed by atoms with van der Waals surface area (Å²) in [4.78, 5) is 42.1. The molecule has 0 radical (unpaired) electrons. The third-order valence-electron chi connectivity index (χ3n) is 5.95. The van der Waals surface area contributed by atoms with Gasteiger partial charge in [-0.15, -0.1) is 0 Å². The number of nitrogens with one attached hydrogen (secondary N) is 1. The van der Waals surface area contributed by atoms with Crippen molar-refractivity contribution in [2.24, 2.45) is 17.3 Å². The van der Waals surface area contributed by atoms with Crippen LogP contribution < -0.4 is 5.32 Å². The quantitative estimate of drug-likeness (QED) is 0.754. The lowest BCUT2D eigenvalue weighted by Gasteiger charge is -2.43. The highest BCUT2D eigenvalue weighted by Gasteiger charge is 2.39. The van der Waals surface area contributed by atoms with Gasteiger partial charge in [0.25, 0.3) is 0 Å². The van der Waals surface area contributed by atoms with Crippen molar-refractivity contribution in [2.75, 3.05) is 26.2 Å². The molecule has 0 aliphatic carbocycles. The average molecular weight is 424 g/mol. The molecule has 3 amide bonds. The number of alkyl carbamates (subject to hydrolysis) is 1. The molecule has 30 heavy (non-hydrogen) atoms. The predicted molar refractivity (Wildman–Crippen MR) is 117 cm³/mol. The lowest BCUT2D eigenvalue weighted by molar-refractivity contribution is -0.147. The summed E-state index contributed by atoms with van der Waals surface area (Å²) in [5.41, 5.74) is -0.993. The number of ether oxygens (including phenoxy) is 1. The summed E-state index contributed by atoms with van der Waals surface area (Å²) >= 11 is 0. The van der Waals surface area contributed by atoms with E-state index in [4.69, 9.17) is 4.74 Å². The van der Waals surface area contributed by atoms with E-state index in [1.54, 1.807) is 0 Å². The highest BCUT2D eigenvalue weighted by Crippen LogP contribution is 2.29. The maximum atomic E-state index is 13.4. The highest BCUT2D eigenvalue weighted by molar-refractivity contribution is 5.84. The molecule has 172 valence electrons. The largest absolute Gasteiger partial charge is 0.444 e. The lowest BCUT2D eigenvalue weighted by atomic mass is 9.87. The Hall–Kier alpha value is -1.79. The second-order valence-electron chi connectivity index (χ2n) is 10.9. The van der Waals surface area contributed by atoms with Crippen molar-refractivity contribution in [3.8, 4) is 0 Å². The van der Waals surface area contributed by atoms with Crippen LogP contribution in [0, 0.1) is 17.3 Å². The summed E-state index contributed by atoms with van der Waals surface area (Å²) in [6, 6.07) is -0.0486. The maximum Gasteiger partial charge on any atom is 0.407 e. The van der Waals surface area contributed by atoms with E-state index >= 15 is 0 Å². The second-order valence-corrected chi connectivity index (χ2v) is 10.9. The van der Waals surface area contributed by atoms with E-state index in [1.807, 2.05) is 51.3 Å². The Bertz CT molecular complexity index is 635. The molecule has 7 nitrogen and oxygen atoms in total. The minimum atomic E-state index is -0.553. The van der Waals surface area contributed by atoms with Gasteiger partial charge in [-0.1, -0.05) is 27.7 Å². The minimum absolute atomic E-state index is 0.0486. The number of hydrogen-bond donors (Lipinski definition) is 1. The van der Waals surface area contributed by atoms with Gasteiger partial charge in [-0.2, -0.15) is 0 Å². The molecular formula is C23H41N3O4. The summed E-state index contributed by atoms with van der Waals surface area (Å²) < 4.78 is 5.35. The molecule has 3 atom stereocenters. The molecule has 0 aromatic heterocycles. The first kappa shape index (κ1) is 24.5. The highest BCUT2D eigenvalue weighted by atomic mass is 16.6. The summed E-state index contributed by atoms with van der Waals surface area (Å²) in [6.45, 7) is 15.7. The van der Waals surface area contributed by atoms with E-state index in [0.29, 0.717) is 25.6 Å². The standard InChI is InChI=1S/C23H41N3O4/c1-16-10-8-13-26(18(16)14-24-21(29)30-23(5,6)7)19(27)17-11-9-12-25(15-17)20(28)22(2,3)4/h16-18H,8-15H2,1-7H3,(H,24,29). The monoisotopic (exact) mass is 423 g/mol. The van der Waals surface area contributed by atoms with Crippen LogP contribution in [0.3, 0.4) is 0 Å². The van der Waals surface area contributed by atoms with Crippen LogP contribution in [0.1, 0.15) is 74.1 Å². The Kier molecular flexibility index (Phi) is 7.80. The van der Waals surface area contributed by atoms with Gasteiger partial charge < -0.3 is 19.9 Å². The van der Waals surface area contributed by atoms with Gasteiger partial charge >= 0.3 is 6.09 Å². The zero-order valence-electron chi connectivity index (χ0n) is 19.9. The van der Waals surface area contributed by atoms with E-state index < -0.39 is 17.1 Å². The molecule has 2 rings (SSSR count). The fourth-order valence-corrected chi connectivity index (χ4v) is 4.41. The Morgan fingerprint density at radius 3 is 2.23 bits per heavy atom. The van der Waals surface area contributed by atoms with Crippen LogP contribution in [0.25, 0.3) is 0 Å². The fraction of sp³-hybridized carbons (Fsp3) is 0.870. The molecule has 3 unspecified atom stereocenters. The van der Waals surface area contributed by atoms with Gasteiger partial charge in [0.2, 0.25) is 11.8 Å². The van der Waals surface area contributed by atoms with Crippen LogP contribution in [-0.4, -0.2) is 65.5 Å². The smallest absolute Gasteiger partial charge is 0.407 e. The molecule has 0 bridgehead atoms. The van der Waals surface area contributed by atoms with E-state index in [2.05, 4.69) is 12.2 Å². The number of rotatable bonds is 3. The zero-order chi connectivity index (χ0) is 22.7. The molecule has 0 spiro atoms. The van der Waals surface area contributed by atoms with Gasteiger partial charge in [-0.3, -0.25) is 9.59 Å². The molecule has 0 aromatic carbocycles. The number of hydrogen-bond acceptors (Lipinski definition) is 4. The number of piperidine rings is 2. The first-order valence-corrected chi connectivity index (χ1v) is 11.4. The molecular weight excluding hydrogens is 382 g/mol. The van der Waals surface area contributed by atoms with Gasteiger partial charge in [0, 0.05) is 31.6 Å². The molecule has 1 N–H and O–H groups in total. The van der Waals surface area contributed by atoms with Gasteiger partial charge in [0.1, 0.15) is 5.60 Å². The SMILES string of the molecule is CC1CCCN(C(=O)C2CCCN(C(=O)C(C)(C)C)C2)C1CNC(=O)OC(C)(C)C. The van der Waals surface area contributed by atoms with Crippen molar-refractivity contribution in [1.29, 1.82) is 0 Å². The van der Waals surface area contributed by atoms with Crippen LogP contribution >= 0.6 is 0 Å². The van der Waals surface area contributed by atoms with E-state index in [-0.39, 0.29) is 23.8 Å². The Morgan fingerprint density at radius 2 is 1.63 bits per heavy atom. The van der Waals surface area contributed by atoms with Crippen LogP contribution in [-0.2, 0) is 14.3 Å². The van der Waals surface area contributed by atoms with Crippen LogP contribution in [0.15, 0.2) is 0 Å².